The third-order valence-electron chi connectivity index (χ3n) is 3.95. The zero-order valence-corrected chi connectivity index (χ0v) is 14.1. The number of amides is 1. The molecule has 3 heterocycles. The van der Waals surface area contributed by atoms with Gasteiger partial charge in [0, 0.05) is 45.6 Å². The van der Waals surface area contributed by atoms with E-state index in [-0.39, 0.29) is 5.76 Å². The van der Waals surface area contributed by atoms with Crippen LogP contribution in [0.2, 0.25) is 0 Å². The van der Waals surface area contributed by atoms with Gasteiger partial charge in [0.2, 0.25) is 5.95 Å². The quantitative estimate of drug-likeness (QED) is 0.596. The lowest BCUT2D eigenvalue weighted by atomic mass is 10.3. The summed E-state index contributed by atoms with van der Waals surface area (Å²) < 4.78 is 5.37. The Bertz CT molecular complexity index is 736. The second kappa shape index (κ2) is 7.65. The highest BCUT2D eigenvalue weighted by atomic mass is 16.3. The Hall–Kier alpha value is -3.10. The Morgan fingerprint density at radius 1 is 1.28 bits per heavy atom. The molecule has 3 rings (SSSR count). The Labute approximate surface area is 145 Å². The summed E-state index contributed by atoms with van der Waals surface area (Å²) in [5, 5.41) is 3.24. The van der Waals surface area contributed by atoms with Gasteiger partial charge in [-0.3, -0.25) is 9.79 Å². The normalized spacial score (nSPS) is 15.3. The number of nitrogens with two attached hydrogens (primary N) is 1. The van der Waals surface area contributed by atoms with Gasteiger partial charge in [0.25, 0.3) is 5.91 Å². The van der Waals surface area contributed by atoms with Crippen molar-refractivity contribution in [2.75, 3.05) is 38.1 Å². The first-order chi connectivity index (χ1) is 12.2. The van der Waals surface area contributed by atoms with Gasteiger partial charge in [-0.15, -0.1) is 0 Å². The van der Waals surface area contributed by atoms with Crippen LogP contribution in [0.25, 0.3) is 0 Å². The Morgan fingerprint density at radius 3 is 2.60 bits per heavy atom. The molecule has 2 aromatic heterocycles. The van der Waals surface area contributed by atoms with E-state index < -0.39 is 5.91 Å². The molecular weight excluding hydrogens is 322 g/mol. The molecular formula is C16H21N7O2. The molecule has 9 nitrogen and oxygen atoms in total. The number of furan rings is 1. The molecule has 25 heavy (non-hydrogen) atoms. The van der Waals surface area contributed by atoms with Crippen molar-refractivity contribution in [1.82, 2.24) is 20.2 Å². The van der Waals surface area contributed by atoms with E-state index in [0.717, 1.165) is 38.1 Å². The first-order valence-corrected chi connectivity index (χ1v) is 8.03. The molecule has 1 amide bonds. The predicted octanol–water partition coefficient (Wildman–Crippen LogP) is 0.0661. The first-order valence-electron chi connectivity index (χ1n) is 8.03. The van der Waals surface area contributed by atoms with Gasteiger partial charge in [0.15, 0.2) is 11.7 Å². The number of nitrogens with one attached hydrogen (secondary N) is 1. The van der Waals surface area contributed by atoms with Crippen LogP contribution >= 0.6 is 0 Å². The van der Waals surface area contributed by atoms with Gasteiger partial charge in [-0.25, -0.2) is 9.97 Å². The smallest absolute Gasteiger partial charge is 0.284 e. The molecule has 1 fully saturated rings. The minimum atomic E-state index is -0.574. The number of hydrogen-bond donors (Lipinski definition) is 2. The molecule has 0 radical (unpaired) electrons. The van der Waals surface area contributed by atoms with E-state index >= 15 is 0 Å². The Balaban J connectivity index is 1.53. The van der Waals surface area contributed by atoms with Crippen LogP contribution in [0.4, 0.5) is 5.95 Å². The van der Waals surface area contributed by atoms with Crippen molar-refractivity contribution in [2.24, 2.45) is 10.7 Å². The predicted molar refractivity (Wildman–Crippen MR) is 93.2 cm³/mol. The third kappa shape index (κ3) is 4.06. The molecule has 2 aromatic rings. The van der Waals surface area contributed by atoms with Gasteiger partial charge in [-0.05, 0) is 18.2 Å². The summed E-state index contributed by atoms with van der Waals surface area (Å²) in [5.41, 5.74) is 5.19. The lowest BCUT2D eigenvalue weighted by Gasteiger charge is -2.36. The average molecular weight is 343 g/mol. The van der Waals surface area contributed by atoms with Crippen molar-refractivity contribution in [3.8, 4) is 0 Å². The molecule has 1 aliphatic heterocycles. The SMILES string of the molecule is CN=C(NCc1ccc(C(N)=O)o1)N1CCN(c2ncccn2)CC1. The van der Waals surface area contributed by atoms with Gasteiger partial charge in [0.05, 0.1) is 6.54 Å². The summed E-state index contributed by atoms with van der Waals surface area (Å²) in [6.45, 7) is 3.68. The number of aliphatic imine (C=N–C) groups is 1. The van der Waals surface area contributed by atoms with Crippen LogP contribution in [0, 0.1) is 0 Å². The summed E-state index contributed by atoms with van der Waals surface area (Å²) >= 11 is 0. The maximum Gasteiger partial charge on any atom is 0.284 e. The molecule has 0 bridgehead atoms. The number of primary amides is 1. The number of hydrogen-bond acceptors (Lipinski definition) is 6. The van der Waals surface area contributed by atoms with Crippen molar-refractivity contribution in [3.05, 3.63) is 42.1 Å². The lowest BCUT2D eigenvalue weighted by Crippen LogP contribution is -2.52. The second-order valence-corrected chi connectivity index (χ2v) is 5.55. The second-order valence-electron chi connectivity index (χ2n) is 5.55. The van der Waals surface area contributed by atoms with Gasteiger partial charge < -0.3 is 25.3 Å². The van der Waals surface area contributed by atoms with E-state index in [1.807, 2.05) is 6.07 Å². The minimum absolute atomic E-state index is 0.156. The number of carbonyl (C=O) groups is 1. The van der Waals surface area contributed by atoms with Gasteiger partial charge in [-0.1, -0.05) is 0 Å². The number of anilines is 1. The van der Waals surface area contributed by atoms with E-state index in [1.165, 1.54) is 0 Å². The van der Waals surface area contributed by atoms with Crippen molar-refractivity contribution >= 4 is 17.8 Å². The molecule has 3 N–H and O–H groups in total. The molecule has 9 heteroatoms. The van der Waals surface area contributed by atoms with Crippen molar-refractivity contribution < 1.29 is 9.21 Å². The van der Waals surface area contributed by atoms with Crippen LogP contribution in [0.1, 0.15) is 16.3 Å². The van der Waals surface area contributed by atoms with Crippen LogP contribution in [-0.4, -0.2) is 60.0 Å². The van der Waals surface area contributed by atoms with E-state index in [0.29, 0.717) is 12.3 Å². The summed E-state index contributed by atoms with van der Waals surface area (Å²) in [6, 6.07) is 5.11. The van der Waals surface area contributed by atoms with Gasteiger partial charge in [-0.2, -0.15) is 0 Å². The fourth-order valence-electron chi connectivity index (χ4n) is 2.68. The zero-order chi connectivity index (χ0) is 17.6. The molecule has 132 valence electrons. The molecule has 0 spiro atoms. The molecule has 0 aromatic carbocycles. The minimum Gasteiger partial charge on any atom is -0.454 e. The van der Waals surface area contributed by atoms with E-state index in [1.54, 1.807) is 31.6 Å². The molecule has 0 atom stereocenters. The molecule has 0 aliphatic carbocycles. The van der Waals surface area contributed by atoms with Crippen molar-refractivity contribution in [3.63, 3.8) is 0 Å². The van der Waals surface area contributed by atoms with Crippen molar-refractivity contribution in [1.29, 1.82) is 0 Å². The maximum absolute atomic E-state index is 11.1. The fraction of sp³-hybridized carbons (Fsp3) is 0.375. The van der Waals surface area contributed by atoms with Crippen LogP contribution in [0.5, 0.6) is 0 Å². The standard InChI is InChI=1S/C16H21N7O2/c1-18-15(21-11-12-3-4-13(25-12)14(17)24)22-7-9-23(10-8-22)16-19-5-2-6-20-16/h2-6H,7-11H2,1H3,(H2,17,24)(H,18,21). The summed E-state index contributed by atoms with van der Waals surface area (Å²) in [4.78, 5) is 28.3. The molecule has 1 saturated heterocycles. The Morgan fingerprint density at radius 2 is 2.00 bits per heavy atom. The number of rotatable bonds is 4. The van der Waals surface area contributed by atoms with Crippen LogP contribution < -0.4 is 16.0 Å². The van der Waals surface area contributed by atoms with Crippen LogP contribution in [-0.2, 0) is 6.54 Å². The molecule has 0 unspecified atom stereocenters. The molecule has 0 saturated carbocycles. The van der Waals surface area contributed by atoms with E-state index in [4.69, 9.17) is 10.2 Å². The number of nitrogens with zero attached hydrogens (tertiary/aromatic N) is 5. The highest BCUT2D eigenvalue weighted by molar-refractivity contribution is 5.89. The topological polar surface area (TPSA) is 113 Å². The van der Waals surface area contributed by atoms with Crippen molar-refractivity contribution in [2.45, 2.75) is 6.54 Å². The molecule has 1 aliphatic rings. The summed E-state index contributed by atoms with van der Waals surface area (Å²) in [5.74, 6) is 1.75. The highest BCUT2D eigenvalue weighted by Gasteiger charge is 2.21. The van der Waals surface area contributed by atoms with Gasteiger partial charge in [0.1, 0.15) is 5.76 Å². The monoisotopic (exact) mass is 343 g/mol. The summed E-state index contributed by atoms with van der Waals surface area (Å²) in [6.07, 6.45) is 3.50. The summed E-state index contributed by atoms with van der Waals surface area (Å²) in [7, 11) is 1.74. The lowest BCUT2D eigenvalue weighted by molar-refractivity contribution is 0.0972. The van der Waals surface area contributed by atoms with E-state index in [2.05, 4.69) is 30.1 Å². The van der Waals surface area contributed by atoms with Gasteiger partial charge >= 0.3 is 0 Å². The Kier molecular flexibility index (Phi) is 5.12. The average Bonchev–Trinajstić information content (AvgIpc) is 3.13. The van der Waals surface area contributed by atoms with E-state index in [9.17, 15) is 4.79 Å². The number of guanidine groups is 1. The van der Waals surface area contributed by atoms with Crippen LogP contribution in [0.15, 0.2) is 40.0 Å². The number of aromatic nitrogens is 2. The largest absolute Gasteiger partial charge is 0.454 e. The number of piperazine rings is 1. The third-order valence-corrected chi connectivity index (χ3v) is 3.95. The number of carbonyl (C=O) groups excluding carboxylic acids is 1. The highest BCUT2D eigenvalue weighted by Crippen LogP contribution is 2.11. The maximum atomic E-state index is 11.1. The first kappa shape index (κ1) is 16.7. The van der Waals surface area contributed by atoms with Crippen LogP contribution in [0.3, 0.4) is 0 Å². The zero-order valence-electron chi connectivity index (χ0n) is 14.1. The fourth-order valence-corrected chi connectivity index (χ4v) is 2.68.